The van der Waals surface area contributed by atoms with Gasteiger partial charge in [0, 0.05) is 26.8 Å². The van der Waals surface area contributed by atoms with E-state index in [-0.39, 0.29) is 0 Å². The minimum absolute atomic E-state index is 0.290. The SMILES string of the molecule is COCCC1CCN(c2nc(N)nc(C)c2Cl)CC1. The summed E-state index contributed by atoms with van der Waals surface area (Å²) in [6, 6.07) is 0. The molecule has 1 saturated heterocycles. The Morgan fingerprint density at radius 1 is 1.37 bits per heavy atom. The number of halogens is 1. The van der Waals surface area contributed by atoms with Gasteiger partial charge in [-0.15, -0.1) is 0 Å². The van der Waals surface area contributed by atoms with Crippen molar-refractivity contribution in [2.24, 2.45) is 5.92 Å². The van der Waals surface area contributed by atoms with Crippen LogP contribution in [0.25, 0.3) is 0 Å². The Morgan fingerprint density at radius 3 is 2.68 bits per heavy atom. The van der Waals surface area contributed by atoms with E-state index in [1.807, 2.05) is 6.92 Å². The van der Waals surface area contributed by atoms with E-state index in [9.17, 15) is 0 Å². The molecule has 106 valence electrons. The van der Waals surface area contributed by atoms with E-state index in [2.05, 4.69) is 14.9 Å². The number of aromatic nitrogens is 2. The highest BCUT2D eigenvalue weighted by Gasteiger charge is 2.22. The van der Waals surface area contributed by atoms with Crippen molar-refractivity contribution in [1.82, 2.24) is 9.97 Å². The molecular formula is C13H21ClN4O. The largest absolute Gasteiger partial charge is 0.385 e. The number of piperidine rings is 1. The van der Waals surface area contributed by atoms with Gasteiger partial charge in [-0.3, -0.25) is 0 Å². The summed E-state index contributed by atoms with van der Waals surface area (Å²) in [6.45, 7) is 4.62. The van der Waals surface area contributed by atoms with E-state index in [1.165, 1.54) is 0 Å². The van der Waals surface area contributed by atoms with Gasteiger partial charge in [0.15, 0.2) is 5.82 Å². The van der Waals surface area contributed by atoms with Crippen LogP contribution < -0.4 is 10.6 Å². The van der Waals surface area contributed by atoms with Crippen LogP contribution in [0, 0.1) is 12.8 Å². The lowest BCUT2D eigenvalue weighted by molar-refractivity contribution is 0.170. The second kappa shape index (κ2) is 6.39. The number of anilines is 2. The van der Waals surface area contributed by atoms with Crippen LogP contribution in [0.2, 0.25) is 5.02 Å². The zero-order chi connectivity index (χ0) is 13.8. The third kappa shape index (κ3) is 3.48. The summed E-state index contributed by atoms with van der Waals surface area (Å²) < 4.78 is 5.13. The first-order valence-electron chi connectivity index (χ1n) is 6.65. The summed E-state index contributed by atoms with van der Waals surface area (Å²) in [4.78, 5) is 10.6. The number of rotatable bonds is 4. The minimum atomic E-state index is 0.290. The second-order valence-corrected chi connectivity index (χ2v) is 5.39. The highest BCUT2D eigenvalue weighted by molar-refractivity contribution is 6.33. The zero-order valence-corrected chi connectivity index (χ0v) is 12.3. The van der Waals surface area contributed by atoms with Crippen molar-refractivity contribution in [3.63, 3.8) is 0 Å². The van der Waals surface area contributed by atoms with Crippen LogP contribution in [0.1, 0.15) is 25.0 Å². The second-order valence-electron chi connectivity index (χ2n) is 5.02. The Kier molecular flexibility index (Phi) is 4.82. The lowest BCUT2D eigenvalue weighted by atomic mass is 9.94. The maximum Gasteiger partial charge on any atom is 0.222 e. The van der Waals surface area contributed by atoms with Crippen molar-refractivity contribution in [1.29, 1.82) is 0 Å². The Hall–Kier alpha value is -1.07. The lowest BCUT2D eigenvalue weighted by Gasteiger charge is -2.33. The predicted molar refractivity (Wildman–Crippen MR) is 77.6 cm³/mol. The number of hydrogen-bond donors (Lipinski definition) is 1. The highest BCUT2D eigenvalue weighted by atomic mass is 35.5. The van der Waals surface area contributed by atoms with E-state index in [0.29, 0.717) is 11.0 Å². The monoisotopic (exact) mass is 284 g/mol. The molecule has 0 bridgehead atoms. The molecule has 0 aromatic carbocycles. The van der Waals surface area contributed by atoms with Crippen molar-refractivity contribution in [2.75, 3.05) is 37.4 Å². The maximum atomic E-state index is 6.28. The Bertz CT molecular complexity index is 433. The van der Waals surface area contributed by atoms with Crippen LogP contribution in [0.15, 0.2) is 0 Å². The molecule has 0 amide bonds. The van der Waals surface area contributed by atoms with Gasteiger partial charge in [-0.25, -0.2) is 4.98 Å². The van der Waals surface area contributed by atoms with Crippen LogP contribution in [0.3, 0.4) is 0 Å². The molecule has 0 unspecified atom stereocenters. The van der Waals surface area contributed by atoms with Gasteiger partial charge >= 0.3 is 0 Å². The molecule has 2 N–H and O–H groups in total. The minimum Gasteiger partial charge on any atom is -0.385 e. The van der Waals surface area contributed by atoms with Crippen molar-refractivity contribution < 1.29 is 4.74 Å². The van der Waals surface area contributed by atoms with Gasteiger partial charge in [0.25, 0.3) is 0 Å². The number of nitrogens with two attached hydrogens (primary N) is 1. The fourth-order valence-corrected chi connectivity index (χ4v) is 2.70. The highest BCUT2D eigenvalue weighted by Crippen LogP contribution is 2.30. The molecule has 2 rings (SSSR count). The number of nitrogens with zero attached hydrogens (tertiary/aromatic N) is 3. The van der Waals surface area contributed by atoms with E-state index >= 15 is 0 Å². The third-order valence-corrected chi connectivity index (χ3v) is 4.10. The third-order valence-electron chi connectivity index (χ3n) is 3.66. The molecule has 2 heterocycles. The van der Waals surface area contributed by atoms with Gasteiger partial charge in [-0.05, 0) is 32.1 Å². The fraction of sp³-hybridized carbons (Fsp3) is 0.692. The standard InChI is InChI=1S/C13H21ClN4O/c1-9-11(14)12(17-13(15)16-9)18-6-3-10(4-7-18)5-8-19-2/h10H,3-8H2,1-2H3,(H2,15,16,17). The predicted octanol–water partition coefficient (Wildman–Crippen LogP) is 2.27. The van der Waals surface area contributed by atoms with Crippen LogP contribution in [-0.4, -0.2) is 36.8 Å². The molecule has 19 heavy (non-hydrogen) atoms. The molecule has 0 aliphatic carbocycles. The summed E-state index contributed by atoms with van der Waals surface area (Å²) in [6.07, 6.45) is 3.41. The van der Waals surface area contributed by atoms with Crippen molar-refractivity contribution in [2.45, 2.75) is 26.2 Å². The maximum absolute atomic E-state index is 6.28. The first-order valence-corrected chi connectivity index (χ1v) is 7.03. The molecule has 1 aliphatic rings. The number of aryl methyl sites for hydroxylation is 1. The van der Waals surface area contributed by atoms with Crippen LogP contribution >= 0.6 is 11.6 Å². The number of ether oxygens (including phenoxy) is 1. The van der Waals surface area contributed by atoms with Gasteiger partial charge < -0.3 is 15.4 Å². The summed E-state index contributed by atoms with van der Waals surface area (Å²) in [5, 5.41) is 0.615. The van der Waals surface area contributed by atoms with E-state index < -0.39 is 0 Å². The summed E-state index contributed by atoms with van der Waals surface area (Å²) in [5.74, 6) is 1.80. The molecular weight excluding hydrogens is 264 g/mol. The lowest BCUT2D eigenvalue weighted by Crippen LogP contribution is -2.35. The number of hydrogen-bond acceptors (Lipinski definition) is 5. The van der Waals surface area contributed by atoms with Crippen molar-refractivity contribution >= 4 is 23.4 Å². The fourth-order valence-electron chi connectivity index (χ4n) is 2.49. The van der Waals surface area contributed by atoms with Crippen LogP contribution in [0.4, 0.5) is 11.8 Å². The van der Waals surface area contributed by atoms with Gasteiger partial charge in [0.2, 0.25) is 5.95 Å². The first-order chi connectivity index (χ1) is 9.11. The molecule has 1 aliphatic heterocycles. The molecule has 0 atom stereocenters. The van der Waals surface area contributed by atoms with Crippen LogP contribution in [0.5, 0.6) is 0 Å². The van der Waals surface area contributed by atoms with E-state index in [1.54, 1.807) is 7.11 Å². The van der Waals surface area contributed by atoms with Crippen LogP contribution in [-0.2, 0) is 4.74 Å². The summed E-state index contributed by atoms with van der Waals surface area (Å²) in [7, 11) is 1.75. The topological polar surface area (TPSA) is 64.3 Å². The Balaban J connectivity index is 2.01. The summed E-state index contributed by atoms with van der Waals surface area (Å²) in [5.41, 5.74) is 6.45. The molecule has 1 fully saturated rings. The molecule has 0 radical (unpaired) electrons. The van der Waals surface area contributed by atoms with Gasteiger partial charge in [-0.2, -0.15) is 4.98 Å². The zero-order valence-electron chi connectivity index (χ0n) is 11.5. The molecule has 0 spiro atoms. The molecule has 5 nitrogen and oxygen atoms in total. The molecule has 1 aromatic rings. The summed E-state index contributed by atoms with van der Waals surface area (Å²) >= 11 is 6.28. The average molecular weight is 285 g/mol. The quantitative estimate of drug-likeness (QED) is 0.919. The van der Waals surface area contributed by atoms with E-state index in [4.69, 9.17) is 22.1 Å². The van der Waals surface area contributed by atoms with Gasteiger partial charge in [0.05, 0.1) is 5.69 Å². The van der Waals surface area contributed by atoms with Gasteiger partial charge in [0.1, 0.15) is 5.02 Å². The molecule has 0 saturated carbocycles. The Labute approximate surface area is 119 Å². The van der Waals surface area contributed by atoms with Crippen molar-refractivity contribution in [3.8, 4) is 0 Å². The average Bonchev–Trinajstić information content (AvgIpc) is 2.41. The molecule has 6 heteroatoms. The number of methoxy groups -OCH3 is 1. The van der Waals surface area contributed by atoms with Gasteiger partial charge in [-0.1, -0.05) is 11.6 Å². The first kappa shape index (κ1) is 14.3. The van der Waals surface area contributed by atoms with E-state index in [0.717, 1.165) is 56.4 Å². The normalized spacial score (nSPS) is 16.9. The van der Waals surface area contributed by atoms with Crippen molar-refractivity contribution in [3.05, 3.63) is 10.7 Å². The number of nitrogen functional groups attached to an aromatic ring is 1. The Morgan fingerprint density at radius 2 is 2.05 bits per heavy atom. The smallest absolute Gasteiger partial charge is 0.222 e. The molecule has 1 aromatic heterocycles.